The van der Waals surface area contributed by atoms with Gasteiger partial charge in [0.1, 0.15) is 6.17 Å². The molecule has 0 spiro atoms. The van der Waals surface area contributed by atoms with Gasteiger partial charge in [-0.05, 0) is 29.8 Å². The van der Waals surface area contributed by atoms with Gasteiger partial charge in [-0.2, -0.15) is 5.26 Å². The maximum absolute atomic E-state index is 12.4. The van der Waals surface area contributed by atoms with E-state index in [1.807, 2.05) is 36.4 Å². The molecule has 4 nitrogen and oxygen atoms in total. The van der Waals surface area contributed by atoms with Crippen molar-refractivity contribution < 1.29 is 4.79 Å². The van der Waals surface area contributed by atoms with Gasteiger partial charge in [0.25, 0.3) is 5.91 Å². The van der Waals surface area contributed by atoms with E-state index in [9.17, 15) is 4.79 Å². The zero-order chi connectivity index (χ0) is 14.1. The molecule has 20 heavy (non-hydrogen) atoms. The summed E-state index contributed by atoms with van der Waals surface area (Å²) in [5.74, 6) is -0.00582. The molecular formula is C16H13N3O. The van der Waals surface area contributed by atoms with Gasteiger partial charge in [0.15, 0.2) is 0 Å². The quantitative estimate of drug-likeness (QED) is 0.860. The second kappa shape index (κ2) is 4.71. The summed E-state index contributed by atoms with van der Waals surface area (Å²) < 4.78 is 0. The summed E-state index contributed by atoms with van der Waals surface area (Å²) >= 11 is 0. The number of hydrogen-bond donors (Lipinski definition) is 1. The number of benzene rings is 2. The van der Waals surface area contributed by atoms with E-state index >= 15 is 0 Å². The fraction of sp³-hybridized carbons (Fsp3) is 0.125. The normalized spacial score (nSPS) is 17.1. The SMILES string of the molecule is CN1C(=O)c2ccccc2NC1c1ccc(C#N)cc1. The van der Waals surface area contributed by atoms with Crippen LogP contribution in [0.2, 0.25) is 0 Å². The van der Waals surface area contributed by atoms with Crippen LogP contribution in [0.4, 0.5) is 5.69 Å². The van der Waals surface area contributed by atoms with Crippen molar-refractivity contribution in [1.29, 1.82) is 5.26 Å². The van der Waals surface area contributed by atoms with Crippen LogP contribution >= 0.6 is 0 Å². The van der Waals surface area contributed by atoms with Gasteiger partial charge in [-0.3, -0.25) is 4.79 Å². The van der Waals surface area contributed by atoms with Gasteiger partial charge in [-0.25, -0.2) is 0 Å². The highest BCUT2D eigenvalue weighted by Gasteiger charge is 2.29. The number of fused-ring (bicyclic) bond motifs is 1. The van der Waals surface area contributed by atoms with Crippen LogP contribution in [0.5, 0.6) is 0 Å². The van der Waals surface area contributed by atoms with Gasteiger partial charge >= 0.3 is 0 Å². The zero-order valence-electron chi connectivity index (χ0n) is 11.0. The Bertz CT molecular complexity index is 700. The molecular weight excluding hydrogens is 250 g/mol. The Morgan fingerprint density at radius 2 is 1.85 bits per heavy atom. The summed E-state index contributed by atoms with van der Waals surface area (Å²) in [5, 5.41) is 12.2. The first-order valence-electron chi connectivity index (χ1n) is 6.33. The second-order valence-electron chi connectivity index (χ2n) is 4.74. The topological polar surface area (TPSA) is 56.1 Å². The van der Waals surface area contributed by atoms with Crippen LogP contribution in [0.15, 0.2) is 48.5 Å². The molecule has 1 aliphatic rings. The van der Waals surface area contributed by atoms with E-state index in [0.29, 0.717) is 11.1 Å². The predicted octanol–water partition coefficient (Wildman–Crippen LogP) is 2.75. The van der Waals surface area contributed by atoms with Crippen molar-refractivity contribution in [1.82, 2.24) is 4.90 Å². The molecule has 3 rings (SSSR count). The number of carbonyl (C=O) groups is 1. The highest BCUT2D eigenvalue weighted by atomic mass is 16.2. The predicted molar refractivity (Wildman–Crippen MR) is 76.1 cm³/mol. The Morgan fingerprint density at radius 3 is 2.55 bits per heavy atom. The molecule has 0 aliphatic carbocycles. The van der Waals surface area contributed by atoms with Crippen molar-refractivity contribution in [3.63, 3.8) is 0 Å². The van der Waals surface area contributed by atoms with E-state index in [-0.39, 0.29) is 12.1 Å². The molecule has 1 heterocycles. The maximum Gasteiger partial charge on any atom is 0.257 e. The third kappa shape index (κ3) is 1.90. The van der Waals surface area contributed by atoms with Gasteiger partial charge in [-0.15, -0.1) is 0 Å². The molecule has 1 unspecified atom stereocenters. The molecule has 1 atom stereocenters. The van der Waals surface area contributed by atoms with Crippen molar-refractivity contribution in [2.45, 2.75) is 6.17 Å². The van der Waals surface area contributed by atoms with E-state index in [1.165, 1.54) is 0 Å². The molecule has 0 bridgehead atoms. The van der Waals surface area contributed by atoms with E-state index < -0.39 is 0 Å². The maximum atomic E-state index is 12.4. The Hall–Kier alpha value is -2.80. The standard InChI is InChI=1S/C16H13N3O/c1-19-15(12-8-6-11(10-17)7-9-12)18-14-5-3-2-4-13(14)16(19)20/h2-9,15,18H,1H3. The lowest BCUT2D eigenvalue weighted by atomic mass is 10.0. The van der Waals surface area contributed by atoms with E-state index in [2.05, 4.69) is 11.4 Å². The van der Waals surface area contributed by atoms with Crippen molar-refractivity contribution in [2.75, 3.05) is 12.4 Å². The summed E-state index contributed by atoms with van der Waals surface area (Å²) in [5.41, 5.74) is 3.08. The minimum atomic E-state index is -0.217. The van der Waals surface area contributed by atoms with Crippen LogP contribution in [0.1, 0.15) is 27.7 Å². The minimum absolute atomic E-state index is 0.00582. The molecule has 98 valence electrons. The van der Waals surface area contributed by atoms with Crippen molar-refractivity contribution in [2.24, 2.45) is 0 Å². The smallest absolute Gasteiger partial charge is 0.257 e. The monoisotopic (exact) mass is 263 g/mol. The molecule has 0 fully saturated rings. The Morgan fingerprint density at radius 1 is 1.15 bits per heavy atom. The Kier molecular flexibility index (Phi) is 2.88. The molecule has 0 radical (unpaired) electrons. The highest BCUT2D eigenvalue weighted by molar-refractivity contribution is 6.01. The molecule has 0 aromatic heterocycles. The van der Waals surface area contributed by atoms with Gasteiger partial charge in [0, 0.05) is 12.7 Å². The Balaban J connectivity index is 1.99. The Labute approximate surface area is 117 Å². The van der Waals surface area contributed by atoms with Gasteiger partial charge in [0.05, 0.1) is 17.2 Å². The first-order chi connectivity index (χ1) is 9.70. The number of rotatable bonds is 1. The third-order valence-corrected chi connectivity index (χ3v) is 3.51. The van der Waals surface area contributed by atoms with Crippen molar-refractivity contribution in [3.05, 3.63) is 65.2 Å². The third-order valence-electron chi connectivity index (χ3n) is 3.51. The van der Waals surface area contributed by atoms with Gasteiger partial charge in [-0.1, -0.05) is 24.3 Å². The average molecular weight is 263 g/mol. The zero-order valence-corrected chi connectivity index (χ0v) is 11.0. The van der Waals surface area contributed by atoms with E-state index in [4.69, 9.17) is 5.26 Å². The number of hydrogen-bond acceptors (Lipinski definition) is 3. The van der Waals surface area contributed by atoms with Crippen LogP contribution in [0.25, 0.3) is 0 Å². The number of para-hydroxylation sites is 1. The van der Waals surface area contributed by atoms with E-state index in [1.54, 1.807) is 24.1 Å². The molecule has 0 saturated carbocycles. The summed E-state index contributed by atoms with van der Waals surface area (Å²) in [4.78, 5) is 14.0. The van der Waals surface area contributed by atoms with Crippen molar-refractivity contribution >= 4 is 11.6 Å². The van der Waals surface area contributed by atoms with Crippen LogP contribution in [-0.2, 0) is 0 Å². The fourth-order valence-electron chi connectivity index (χ4n) is 2.39. The number of nitrogens with zero attached hydrogens (tertiary/aromatic N) is 2. The number of carbonyl (C=O) groups excluding carboxylic acids is 1. The lowest BCUT2D eigenvalue weighted by Crippen LogP contribution is -2.40. The lowest BCUT2D eigenvalue weighted by Gasteiger charge is -2.35. The van der Waals surface area contributed by atoms with Gasteiger partial charge < -0.3 is 10.2 Å². The first-order valence-corrected chi connectivity index (χ1v) is 6.33. The van der Waals surface area contributed by atoms with Crippen LogP contribution < -0.4 is 5.32 Å². The fourth-order valence-corrected chi connectivity index (χ4v) is 2.39. The molecule has 2 aromatic rings. The molecule has 4 heteroatoms. The number of nitrogens with one attached hydrogen (secondary N) is 1. The number of anilines is 1. The summed E-state index contributed by atoms with van der Waals surface area (Å²) in [6.45, 7) is 0. The molecule has 1 N–H and O–H groups in total. The molecule has 1 amide bonds. The van der Waals surface area contributed by atoms with Crippen LogP contribution in [-0.4, -0.2) is 17.9 Å². The largest absolute Gasteiger partial charge is 0.361 e. The van der Waals surface area contributed by atoms with Crippen LogP contribution in [0.3, 0.4) is 0 Å². The van der Waals surface area contributed by atoms with Crippen LogP contribution in [0, 0.1) is 11.3 Å². The first kappa shape index (κ1) is 12.2. The summed E-state index contributed by atoms with van der Waals surface area (Å²) in [7, 11) is 1.77. The number of amides is 1. The highest BCUT2D eigenvalue weighted by Crippen LogP contribution is 2.31. The molecule has 1 aliphatic heterocycles. The molecule has 2 aromatic carbocycles. The summed E-state index contributed by atoms with van der Waals surface area (Å²) in [6, 6.07) is 16.8. The molecule has 0 saturated heterocycles. The number of nitriles is 1. The minimum Gasteiger partial charge on any atom is -0.361 e. The van der Waals surface area contributed by atoms with Gasteiger partial charge in [0.2, 0.25) is 0 Å². The lowest BCUT2D eigenvalue weighted by molar-refractivity contribution is 0.0735. The van der Waals surface area contributed by atoms with E-state index in [0.717, 1.165) is 11.3 Å². The second-order valence-corrected chi connectivity index (χ2v) is 4.74. The van der Waals surface area contributed by atoms with Crippen molar-refractivity contribution in [3.8, 4) is 6.07 Å². The average Bonchev–Trinajstić information content (AvgIpc) is 2.51. The summed E-state index contributed by atoms with van der Waals surface area (Å²) in [6.07, 6.45) is -0.217.